The highest BCUT2D eigenvalue weighted by Gasteiger charge is 2.20. The normalized spacial score (nSPS) is 11.2. The zero-order chi connectivity index (χ0) is 25.5. The standard InChI is InChI=1S/C28H25FN2O3S2/c1-36(33,34)31(19-23-7-5-6-10-27(23)29)25-17-13-22(14-18-25)28(32)30-24-15-11-21(12-16-24)20-35-26-8-3-2-4-9-26/h2-18H,19-20H2,1H3,(H,30,32). The predicted octanol–water partition coefficient (Wildman–Crippen LogP) is 6.34. The number of halogens is 1. The zero-order valence-corrected chi connectivity index (χ0v) is 21.2. The minimum absolute atomic E-state index is 0.147. The van der Waals surface area contributed by atoms with Crippen LogP contribution in [0.15, 0.2) is 108 Å². The molecule has 0 aliphatic rings. The van der Waals surface area contributed by atoms with Crippen LogP contribution in [-0.4, -0.2) is 20.6 Å². The smallest absolute Gasteiger partial charge is 0.255 e. The Kier molecular flexibility index (Phi) is 8.07. The van der Waals surface area contributed by atoms with Gasteiger partial charge in [-0.25, -0.2) is 12.8 Å². The monoisotopic (exact) mass is 520 g/mol. The van der Waals surface area contributed by atoms with E-state index in [4.69, 9.17) is 0 Å². The molecule has 0 atom stereocenters. The molecule has 0 saturated carbocycles. The summed E-state index contributed by atoms with van der Waals surface area (Å²) in [6.45, 7) is -0.147. The number of thioether (sulfide) groups is 1. The molecule has 0 aliphatic heterocycles. The van der Waals surface area contributed by atoms with E-state index >= 15 is 0 Å². The lowest BCUT2D eigenvalue weighted by Gasteiger charge is -2.23. The first-order chi connectivity index (χ1) is 17.3. The second kappa shape index (κ2) is 11.4. The van der Waals surface area contributed by atoms with Gasteiger partial charge < -0.3 is 5.32 Å². The summed E-state index contributed by atoms with van der Waals surface area (Å²) in [6, 6.07) is 30.0. The van der Waals surface area contributed by atoms with Crippen LogP contribution in [0.5, 0.6) is 0 Å². The van der Waals surface area contributed by atoms with Crippen LogP contribution >= 0.6 is 11.8 Å². The van der Waals surface area contributed by atoms with Crippen molar-refractivity contribution in [2.24, 2.45) is 0 Å². The fraction of sp³-hybridized carbons (Fsp3) is 0.107. The molecule has 4 rings (SSSR count). The van der Waals surface area contributed by atoms with Crippen LogP contribution in [0.25, 0.3) is 0 Å². The Hall–Kier alpha value is -3.62. The highest BCUT2D eigenvalue weighted by molar-refractivity contribution is 7.98. The lowest BCUT2D eigenvalue weighted by molar-refractivity contribution is 0.102. The number of carbonyl (C=O) groups excluding carboxylic acids is 1. The number of rotatable bonds is 9. The van der Waals surface area contributed by atoms with Gasteiger partial charge >= 0.3 is 0 Å². The summed E-state index contributed by atoms with van der Waals surface area (Å²) in [4.78, 5) is 13.9. The van der Waals surface area contributed by atoms with Crippen molar-refractivity contribution in [2.45, 2.75) is 17.2 Å². The van der Waals surface area contributed by atoms with Crippen molar-refractivity contribution in [3.8, 4) is 0 Å². The summed E-state index contributed by atoms with van der Waals surface area (Å²) in [5, 5.41) is 2.86. The average Bonchev–Trinajstić information content (AvgIpc) is 2.88. The molecule has 1 N–H and O–H groups in total. The second-order valence-corrected chi connectivity index (χ2v) is 11.1. The molecule has 0 radical (unpaired) electrons. The maximum atomic E-state index is 14.1. The highest BCUT2D eigenvalue weighted by atomic mass is 32.2. The summed E-state index contributed by atoms with van der Waals surface area (Å²) >= 11 is 1.74. The van der Waals surface area contributed by atoms with E-state index in [9.17, 15) is 17.6 Å². The molecule has 0 saturated heterocycles. The molecule has 36 heavy (non-hydrogen) atoms. The van der Waals surface area contributed by atoms with Gasteiger partial charge in [0.15, 0.2) is 0 Å². The molecule has 8 heteroatoms. The summed E-state index contributed by atoms with van der Waals surface area (Å²) in [5.74, 6) is 0.0310. The van der Waals surface area contributed by atoms with Gasteiger partial charge in [-0.2, -0.15) is 0 Å². The fourth-order valence-electron chi connectivity index (χ4n) is 3.53. The molecule has 0 heterocycles. The number of benzene rings is 4. The highest BCUT2D eigenvalue weighted by Crippen LogP contribution is 2.24. The third-order valence-corrected chi connectivity index (χ3v) is 7.67. The number of anilines is 2. The van der Waals surface area contributed by atoms with Crippen molar-refractivity contribution in [2.75, 3.05) is 15.9 Å². The van der Waals surface area contributed by atoms with Crippen molar-refractivity contribution in [3.63, 3.8) is 0 Å². The van der Waals surface area contributed by atoms with Gasteiger partial charge in [0.1, 0.15) is 5.82 Å². The summed E-state index contributed by atoms with van der Waals surface area (Å²) < 4.78 is 40.0. The Morgan fingerprint density at radius 3 is 2.14 bits per heavy atom. The quantitative estimate of drug-likeness (QED) is 0.262. The maximum absolute atomic E-state index is 14.1. The van der Waals surface area contributed by atoms with Gasteiger partial charge in [0.25, 0.3) is 5.91 Å². The summed E-state index contributed by atoms with van der Waals surface area (Å²) in [7, 11) is -3.68. The van der Waals surface area contributed by atoms with Gasteiger partial charge in [0.2, 0.25) is 10.0 Å². The molecular formula is C28H25FN2O3S2. The number of sulfonamides is 1. The first-order valence-electron chi connectivity index (χ1n) is 11.2. The molecule has 0 bridgehead atoms. The molecule has 0 unspecified atom stereocenters. The van der Waals surface area contributed by atoms with Crippen LogP contribution in [0.1, 0.15) is 21.5 Å². The van der Waals surface area contributed by atoms with Gasteiger partial charge in [-0.1, -0.05) is 48.5 Å². The van der Waals surface area contributed by atoms with Crippen LogP contribution in [0, 0.1) is 5.82 Å². The molecule has 4 aromatic carbocycles. The Bertz CT molecular complexity index is 1430. The summed E-state index contributed by atoms with van der Waals surface area (Å²) in [5.41, 5.74) is 2.78. The first-order valence-corrected chi connectivity index (χ1v) is 14.0. The zero-order valence-electron chi connectivity index (χ0n) is 19.6. The number of nitrogens with zero attached hydrogens (tertiary/aromatic N) is 1. The number of nitrogens with one attached hydrogen (secondary N) is 1. The van der Waals surface area contributed by atoms with Crippen molar-refractivity contribution in [1.82, 2.24) is 0 Å². The molecular weight excluding hydrogens is 495 g/mol. The lowest BCUT2D eigenvalue weighted by Crippen LogP contribution is -2.29. The van der Waals surface area contributed by atoms with Gasteiger partial charge in [0.05, 0.1) is 18.5 Å². The van der Waals surface area contributed by atoms with Crippen LogP contribution in [-0.2, 0) is 22.3 Å². The molecule has 4 aromatic rings. The van der Waals surface area contributed by atoms with E-state index in [0.717, 1.165) is 21.9 Å². The van der Waals surface area contributed by atoms with Crippen molar-refractivity contribution >= 4 is 39.1 Å². The molecule has 0 aromatic heterocycles. The van der Waals surface area contributed by atoms with Crippen LogP contribution in [0.2, 0.25) is 0 Å². The number of carbonyl (C=O) groups is 1. The first kappa shape index (κ1) is 25.5. The summed E-state index contributed by atoms with van der Waals surface area (Å²) in [6.07, 6.45) is 1.07. The maximum Gasteiger partial charge on any atom is 0.255 e. The van der Waals surface area contributed by atoms with Gasteiger partial charge in [-0.3, -0.25) is 9.10 Å². The minimum atomic E-state index is -3.68. The third-order valence-electron chi connectivity index (χ3n) is 5.45. The third kappa shape index (κ3) is 6.74. The Balaban J connectivity index is 1.40. The lowest BCUT2D eigenvalue weighted by atomic mass is 10.1. The Morgan fingerprint density at radius 2 is 1.50 bits per heavy atom. The van der Waals surface area contributed by atoms with E-state index in [1.165, 1.54) is 11.0 Å². The van der Waals surface area contributed by atoms with Crippen LogP contribution < -0.4 is 9.62 Å². The van der Waals surface area contributed by atoms with E-state index in [1.54, 1.807) is 54.2 Å². The molecule has 1 amide bonds. The van der Waals surface area contributed by atoms with E-state index in [1.807, 2.05) is 42.5 Å². The Morgan fingerprint density at radius 1 is 0.861 bits per heavy atom. The number of hydrogen-bond acceptors (Lipinski definition) is 4. The SMILES string of the molecule is CS(=O)(=O)N(Cc1ccccc1F)c1ccc(C(=O)Nc2ccc(CSc3ccccc3)cc2)cc1. The van der Waals surface area contributed by atoms with Crippen LogP contribution in [0.3, 0.4) is 0 Å². The second-order valence-electron chi connectivity index (χ2n) is 8.16. The van der Waals surface area contributed by atoms with Crippen molar-refractivity contribution < 1.29 is 17.6 Å². The van der Waals surface area contributed by atoms with E-state index < -0.39 is 15.8 Å². The average molecular weight is 521 g/mol. The molecule has 0 spiro atoms. The van der Waals surface area contributed by atoms with Crippen LogP contribution in [0.4, 0.5) is 15.8 Å². The molecule has 0 aliphatic carbocycles. The minimum Gasteiger partial charge on any atom is -0.322 e. The van der Waals surface area contributed by atoms with Gasteiger partial charge in [-0.15, -0.1) is 11.8 Å². The molecule has 184 valence electrons. The number of hydrogen-bond donors (Lipinski definition) is 1. The van der Waals surface area contributed by atoms with E-state index in [-0.39, 0.29) is 18.0 Å². The van der Waals surface area contributed by atoms with Gasteiger partial charge in [-0.05, 0) is 60.2 Å². The van der Waals surface area contributed by atoms with Gasteiger partial charge in [0, 0.05) is 27.5 Å². The predicted molar refractivity (Wildman–Crippen MR) is 144 cm³/mol. The largest absolute Gasteiger partial charge is 0.322 e. The van der Waals surface area contributed by atoms with E-state index in [0.29, 0.717) is 16.9 Å². The Labute approximate surface area is 215 Å². The molecule has 0 fully saturated rings. The topological polar surface area (TPSA) is 66.5 Å². The van der Waals surface area contributed by atoms with E-state index in [2.05, 4.69) is 17.4 Å². The van der Waals surface area contributed by atoms with Crippen molar-refractivity contribution in [3.05, 3.63) is 126 Å². The van der Waals surface area contributed by atoms with Crippen molar-refractivity contribution in [1.29, 1.82) is 0 Å². The number of amides is 1. The fourth-order valence-corrected chi connectivity index (χ4v) is 5.29. The molecule has 5 nitrogen and oxygen atoms in total.